The van der Waals surface area contributed by atoms with E-state index in [0.717, 1.165) is 0 Å². The fourth-order valence-corrected chi connectivity index (χ4v) is 2.56. The number of nitrogens with two attached hydrogens (primary N) is 1. The van der Waals surface area contributed by atoms with Gasteiger partial charge in [-0.25, -0.2) is 0 Å². The van der Waals surface area contributed by atoms with Crippen LogP contribution < -0.4 is 15.2 Å². The fraction of sp³-hybridized carbons (Fsp3) is 0.143. The molecule has 0 aliphatic heterocycles. The van der Waals surface area contributed by atoms with Gasteiger partial charge in [-0.15, -0.1) is 0 Å². The summed E-state index contributed by atoms with van der Waals surface area (Å²) in [6, 6.07) is 20.8. The van der Waals surface area contributed by atoms with Crippen molar-refractivity contribution in [3.05, 3.63) is 90.0 Å². The molecule has 3 aromatic carbocycles. The molecule has 0 bridgehead atoms. The SMILES string of the molecule is NC(c1cccc(Oc2ccccc2)c1)c1cccc(OC(F)(F)C(F)F)c1. The lowest BCUT2D eigenvalue weighted by atomic mass is 9.99. The van der Waals surface area contributed by atoms with Gasteiger partial charge in [0, 0.05) is 0 Å². The zero-order chi connectivity index (χ0) is 20.1. The van der Waals surface area contributed by atoms with Crippen molar-refractivity contribution in [3.63, 3.8) is 0 Å². The minimum Gasteiger partial charge on any atom is -0.457 e. The van der Waals surface area contributed by atoms with Gasteiger partial charge in [-0.05, 0) is 47.5 Å². The van der Waals surface area contributed by atoms with E-state index in [1.54, 1.807) is 42.5 Å². The first kappa shape index (κ1) is 19.7. The Labute approximate surface area is 159 Å². The van der Waals surface area contributed by atoms with E-state index in [4.69, 9.17) is 10.5 Å². The van der Waals surface area contributed by atoms with E-state index < -0.39 is 24.3 Å². The molecule has 3 rings (SSSR count). The number of para-hydroxylation sites is 1. The van der Waals surface area contributed by atoms with E-state index in [2.05, 4.69) is 4.74 Å². The number of halogens is 4. The molecule has 7 heteroatoms. The highest BCUT2D eigenvalue weighted by Crippen LogP contribution is 2.31. The molecule has 2 N–H and O–H groups in total. The Balaban J connectivity index is 1.79. The molecule has 0 radical (unpaired) electrons. The van der Waals surface area contributed by atoms with Crippen molar-refractivity contribution in [3.8, 4) is 17.2 Å². The lowest BCUT2D eigenvalue weighted by molar-refractivity contribution is -0.253. The molecule has 0 amide bonds. The van der Waals surface area contributed by atoms with Gasteiger partial charge in [0.25, 0.3) is 0 Å². The molecule has 0 heterocycles. The van der Waals surface area contributed by atoms with Crippen LogP contribution in [0.1, 0.15) is 17.2 Å². The van der Waals surface area contributed by atoms with Crippen LogP contribution in [0.15, 0.2) is 78.9 Å². The third-order valence-electron chi connectivity index (χ3n) is 3.92. The quantitative estimate of drug-likeness (QED) is 0.521. The molecule has 0 spiro atoms. The molecule has 1 atom stereocenters. The maximum atomic E-state index is 13.1. The average molecular weight is 391 g/mol. The summed E-state index contributed by atoms with van der Waals surface area (Å²) in [7, 11) is 0. The highest BCUT2D eigenvalue weighted by molar-refractivity contribution is 5.40. The average Bonchev–Trinajstić information content (AvgIpc) is 2.68. The minimum absolute atomic E-state index is 0.394. The van der Waals surface area contributed by atoms with E-state index in [0.29, 0.717) is 22.6 Å². The lowest BCUT2D eigenvalue weighted by Gasteiger charge is -2.19. The van der Waals surface area contributed by atoms with Crippen LogP contribution in [0, 0.1) is 0 Å². The van der Waals surface area contributed by atoms with Gasteiger partial charge in [0.15, 0.2) is 0 Å². The van der Waals surface area contributed by atoms with E-state index in [9.17, 15) is 17.6 Å². The molecule has 0 aromatic heterocycles. The highest BCUT2D eigenvalue weighted by Gasteiger charge is 2.44. The smallest absolute Gasteiger partial charge is 0.457 e. The highest BCUT2D eigenvalue weighted by atomic mass is 19.3. The maximum Gasteiger partial charge on any atom is 0.461 e. The van der Waals surface area contributed by atoms with E-state index in [1.807, 2.05) is 18.2 Å². The molecule has 3 nitrogen and oxygen atoms in total. The molecular formula is C21H17F4NO2. The first-order valence-electron chi connectivity index (χ1n) is 8.38. The normalized spacial score (nSPS) is 12.6. The standard InChI is InChI=1S/C21H17F4NO2/c22-20(23)21(24,25)28-18-11-5-7-15(13-18)19(26)14-6-4-10-17(12-14)27-16-8-2-1-3-9-16/h1-13,19-20H,26H2. The first-order valence-corrected chi connectivity index (χ1v) is 8.38. The van der Waals surface area contributed by atoms with Crippen molar-refractivity contribution in [2.24, 2.45) is 5.73 Å². The Hall–Kier alpha value is -3.06. The van der Waals surface area contributed by atoms with Gasteiger partial charge >= 0.3 is 12.5 Å². The van der Waals surface area contributed by atoms with Crippen LogP contribution in [0.5, 0.6) is 17.2 Å². The largest absolute Gasteiger partial charge is 0.461 e. The Kier molecular flexibility index (Phi) is 5.84. The first-order chi connectivity index (χ1) is 13.3. The van der Waals surface area contributed by atoms with Gasteiger partial charge in [0.2, 0.25) is 0 Å². The number of rotatable bonds is 7. The van der Waals surface area contributed by atoms with Gasteiger partial charge in [-0.3, -0.25) is 0 Å². The Bertz CT molecular complexity index is 919. The summed E-state index contributed by atoms with van der Waals surface area (Å²) in [6.45, 7) is 0. The number of alkyl halides is 4. The van der Waals surface area contributed by atoms with Crippen LogP contribution in [0.25, 0.3) is 0 Å². The summed E-state index contributed by atoms with van der Waals surface area (Å²) < 4.78 is 60.8. The summed E-state index contributed by atoms with van der Waals surface area (Å²) in [5, 5.41) is 0. The molecule has 28 heavy (non-hydrogen) atoms. The minimum atomic E-state index is -4.58. The zero-order valence-electron chi connectivity index (χ0n) is 14.6. The molecular weight excluding hydrogens is 374 g/mol. The summed E-state index contributed by atoms with van der Waals surface area (Å²) in [5.41, 5.74) is 7.31. The molecule has 0 fully saturated rings. The monoisotopic (exact) mass is 391 g/mol. The Morgan fingerprint density at radius 3 is 1.86 bits per heavy atom. The van der Waals surface area contributed by atoms with Crippen molar-refractivity contribution < 1.29 is 27.0 Å². The second-order valence-corrected chi connectivity index (χ2v) is 6.00. The van der Waals surface area contributed by atoms with Gasteiger partial charge in [-0.2, -0.15) is 17.6 Å². The Morgan fingerprint density at radius 2 is 1.25 bits per heavy atom. The molecule has 0 aliphatic carbocycles. The number of hydrogen-bond donors (Lipinski definition) is 1. The van der Waals surface area contributed by atoms with Crippen LogP contribution in [0.4, 0.5) is 17.6 Å². The molecule has 3 aromatic rings. The molecule has 0 saturated carbocycles. The van der Waals surface area contributed by atoms with Crippen molar-refractivity contribution in [1.29, 1.82) is 0 Å². The predicted molar refractivity (Wildman–Crippen MR) is 97.0 cm³/mol. The fourth-order valence-electron chi connectivity index (χ4n) is 2.56. The predicted octanol–water partition coefficient (Wildman–Crippen LogP) is 5.76. The van der Waals surface area contributed by atoms with Gasteiger partial charge in [-0.1, -0.05) is 42.5 Å². The topological polar surface area (TPSA) is 44.5 Å². The van der Waals surface area contributed by atoms with Crippen LogP contribution in [-0.2, 0) is 0 Å². The van der Waals surface area contributed by atoms with Gasteiger partial charge in [0.1, 0.15) is 17.2 Å². The molecule has 146 valence electrons. The van der Waals surface area contributed by atoms with Crippen molar-refractivity contribution in [1.82, 2.24) is 0 Å². The van der Waals surface area contributed by atoms with Gasteiger partial charge < -0.3 is 15.2 Å². The Morgan fingerprint density at radius 1 is 0.714 bits per heavy atom. The van der Waals surface area contributed by atoms with Crippen LogP contribution >= 0.6 is 0 Å². The summed E-state index contributed by atoms with van der Waals surface area (Å²) in [6.07, 6.45) is -8.51. The maximum absolute atomic E-state index is 13.1. The van der Waals surface area contributed by atoms with Crippen LogP contribution in [-0.4, -0.2) is 12.5 Å². The second kappa shape index (κ2) is 8.31. The summed E-state index contributed by atoms with van der Waals surface area (Å²) >= 11 is 0. The van der Waals surface area contributed by atoms with Crippen molar-refractivity contribution >= 4 is 0 Å². The number of ether oxygens (including phenoxy) is 2. The van der Waals surface area contributed by atoms with E-state index >= 15 is 0 Å². The third kappa shape index (κ3) is 4.80. The third-order valence-corrected chi connectivity index (χ3v) is 3.92. The lowest BCUT2D eigenvalue weighted by Crippen LogP contribution is -2.33. The molecule has 0 saturated heterocycles. The van der Waals surface area contributed by atoms with Crippen LogP contribution in [0.2, 0.25) is 0 Å². The number of hydrogen-bond acceptors (Lipinski definition) is 3. The van der Waals surface area contributed by atoms with Crippen molar-refractivity contribution in [2.45, 2.75) is 18.6 Å². The molecule has 1 unspecified atom stereocenters. The summed E-state index contributed by atoms with van der Waals surface area (Å²) in [4.78, 5) is 0. The zero-order valence-corrected chi connectivity index (χ0v) is 14.6. The van der Waals surface area contributed by atoms with Crippen LogP contribution in [0.3, 0.4) is 0 Å². The second-order valence-electron chi connectivity index (χ2n) is 6.00. The van der Waals surface area contributed by atoms with Gasteiger partial charge in [0.05, 0.1) is 6.04 Å². The molecule has 0 aliphatic rings. The van der Waals surface area contributed by atoms with Crippen molar-refractivity contribution in [2.75, 3.05) is 0 Å². The van der Waals surface area contributed by atoms with E-state index in [1.165, 1.54) is 18.2 Å². The number of benzene rings is 3. The van der Waals surface area contributed by atoms with E-state index in [-0.39, 0.29) is 0 Å². The summed E-state index contributed by atoms with van der Waals surface area (Å²) in [5.74, 6) is 0.809.